The summed E-state index contributed by atoms with van der Waals surface area (Å²) in [5.74, 6) is -3.19. The van der Waals surface area contributed by atoms with Crippen molar-refractivity contribution in [2.75, 3.05) is 44.3 Å². The van der Waals surface area contributed by atoms with E-state index in [0.29, 0.717) is 26.2 Å². The van der Waals surface area contributed by atoms with Crippen LogP contribution < -0.4 is 11.1 Å². The number of carboxylic acid groups (broad SMARTS) is 1. The topological polar surface area (TPSA) is 197 Å². The van der Waals surface area contributed by atoms with E-state index >= 15 is 0 Å². The molecule has 0 spiro atoms. The fourth-order valence-corrected chi connectivity index (χ4v) is 9.63. The number of nitrogen functional groups attached to an aromatic ring is 1. The van der Waals surface area contributed by atoms with Gasteiger partial charge in [0.1, 0.15) is 29.4 Å². The average molecular weight is 656 g/mol. The highest BCUT2D eigenvalue weighted by Gasteiger charge is 2.54. The Morgan fingerprint density at radius 1 is 1.14 bits per heavy atom. The molecule has 234 valence electrons. The number of thioether (sulfide) groups is 1. The van der Waals surface area contributed by atoms with Crippen molar-refractivity contribution < 1.29 is 38.2 Å². The molecule has 3 fully saturated rings. The van der Waals surface area contributed by atoms with Gasteiger partial charge in [0.2, 0.25) is 0 Å². The average Bonchev–Trinajstić information content (AvgIpc) is 3.44. The molecule has 5 rings (SSSR count). The number of hydrogen-bond acceptors (Lipinski definition) is 12. The van der Waals surface area contributed by atoms with Crippen LogP contribution in [0.4, 0.5) is 5.13 Å². The highest BCUT2D eigenvalue weighted by Crippen LogP contribution is 2.56. The summed E-state index contributed by atoms with van der Waals surface area (Å²) >= 11 is 2.31. The fraction of sp³-hybridized carbons (Fsp3) is 0.600. The van der Waals surface area contributed by atoms with Crippen molar-refractivity contribution in [2.24, 2.45) is 5.16 Å². The Labute approximate surface area is 256 Å². The third-order valence-corrected chi connectivity index (χ3v) is 12.1. The minimum atomic E-state index is -3.62. The summed E-state index contributed by atoms with van der Waals surface area (Å²) in [6, 6.07) is -1.07. The summed E-state index contributed by atoms with van der Waals surface area (Å²) < 4.78 is 28.9. The number of aliphatic carboxylic acids is 1. The first-order chi connectivity index (χ1) is 20.6. The second kappa shape index (κ2) is 13.3. The lowest BCUT2D eigenvalue weighted by Gasteiger charge is -2.49. The number of carbonyl (C=O) groups excluding carboxylic acids is 3. The Balaban J connectivity index is 1.38. The number of piperidine rings is 2. The molecule has 4 aliphatic rings. The third-order valence-electron chi connectivity index (χ3n) is 7.58. The van der Waals surface area contributed by atoms with Crippen LogP contribution >= 0.6 is 30.8 Å². The zero-order valence-electron chi connectivity index (χ0n) is 23.6. The first kappa shape index (κ1) is 31.4. The lowest BCUT2D eigenvalue weighted by Crippen LogP contribution is -2.71. The summed E-state index contributed by atoms with van der Waals surface area (Å²) in [5, 5.41) is 17.6. The van der Waals surface area contributed by atoms with Gasteiger partial charge in [-0.1, -0.05) is 18.0 Å². The second-order valence-corrected chi connectivity index (χ2v) is 14.8. The van der Waals surface area contributed by atoms with Crippen LogP contribution in [0, 0.1) is 0 Å². The third kappa shape index (κ3) is 6.60. The maximum absolute atomic E-state index is 14.4. The van der Waals surface area contributed by atoms with Gasteiger partial charge in [0.25, 0.3) is 11.8 Å². The van der Waals surface area contributed by atoms with Crippen molar-refractivity contribution in [1.29, 1.82) is 0 Å². The maximum Gasteiger partial charge on any atom is 0.416 e. The minimum Gasteiger partial charge on any atom is -0.477 e. The zero-order valence-corrected chi connectivity index (χ0v) is 26.1. The number of aromatic nitrogens is 1. The van der Waals surface area contributed by atoms with Crippen LogP contribution in [-0.4, -0.2) is 104 Å². The van der Waals surface area contributed by atoms with E-state index in [1.54, 1.807) is 0 Å². The highest BCUT2D eigenvalue weighted by atomic mass is 32.2. The van der Waals surface area contributed by atoms with E-state index < -0.39 is 42.8 Å². The molecule has 0 aliphatic carbocycles. The highest BCUT2D eigenvalue weighted by molar-refractivity contribution is 8.00. The number of ether oxygens (including phenoxy) is 1. The summed E-state index contributed by atoms with van der Waals surface area (Å²) in [6.07, 6.45) is 5.54. The maximum atomic E-state index is 14.4. The van der Waals surface area contributed by atoms with Crippen molar-refractivity contribution in [1.82, 2.24) is 24.5 Å². The molecule has 3 saturated heterocycles. The lowest BCUT2D eigenvalue weighted by atomic mass is 10.0. The largest absolute Gasteiger partial charge is 0.477 e. The van der Waals surface area contributed by atoms with Crippen LogP contribution in [0.3, 0.4) is 0 Å². The van der Waals surface area contributed by atoms with Crippen LogP contribution in [-0.2, 0) is 33.1 Å². The van der Waals surface area contributed by atoms with Gasteiger partial charge in [0, 0.05) is 49.8 Å². The Morgan fingerprint density at radius 2 is 1.77 bits per heavy atom. The molecule has 18 heteroatoms. The molecule has 15 nitrogen and oxygen atoms in total. The number of carboxylic acids is 1. The predicted octanol–water partition coefficient (Wildman–Crippen LogP) is 1.83. The number of nitrogens with two attached hydrogens (primary N) is 1. The van der Waals surface area contributed by atoms with E-state index in [-0.39, 0.29) is 40.2 Å². The summed E-state index contributed by atoms with van der Waals surface area (Å²) in [6.45, 7) is 3.27. The van der Waals surface area contributed by atoms with Gasteiger partial charge in [-0.15, -0.1) is 23.1 Å². The normalized spacial score (nSPS) is 23.8. The second-order valence-electron chi connectivity index (χ2n) is 10.5. The Kier molecular flexibility index (Phi) is 9.76. The van der Waals surface area contributed by atoms with Crippen LogP contribution in [0.5, 0.6) is 0 Å². The van der Waals surface area contributed by atoms with E-state index in [4.69, 9.17) is 15.1 Å². The van der Waals surface area contributed by atoms with Gasteiger partial charge in [-0.2, -0.15) is 0 Å². The van der Waals surface area contributed by atoms with Gasteiger partial charge in [-0.3, -0.25) is 19.3 Å². The van der Waals surface area contributed by atoms with Gasteiger partial charge >= 0.3 is 19.6 Å². The monoisotopic (exact) mass is 655 g/mol. The molecule has 0 aromatic carbocycles. The molecule has 4 aliphatic heterocycles. The number of thiazole rings is 1. The number of rotatable bonds is 10. The molecule has 5 heterocycles. The minimum absolute atomic E-state index is 0.0959. The molecule has 0 radical (unpaired) electrons. The summed E-state index contributed by atoms with van der Waals surface area (Å²) in [4.78, 5) is 55.3. The quantitative estimate of drug-likeness (QED) is 0.109. The molecule has 43 heavy (non-hydrogen) atoms. The molecule has 0 saturated carbocycles. The number of oxime groups is 1. The molecule has 2 amide bonds. The van der Waals surface area contributed by atoms with E-state index in [9.17, 15) is 28.8 Å². The van der Waals surface area contributed by atoms with Crippen molar-refractivity contribution in [3.63, 3.8) is 0 Å². The van der Waals surface area contributed by atoms with E-state index in [1.807, 2.05) is 9.34 Å². The van der Waals surface area contributed by atoms with Gasteiger partial charge in [0.05, 0.1) is 0 Å². The number of amides is 2. The van der Waals surface area contributed by atoms with Crippen LogP contribution in [0.15, 0.2) is 21.8 Å². The van der Waals surface area contributed by atoms with E-state index in [0.717, 1.165) is 54.8 Å². The molecule has 1 aromatic rings. The van der Waals surface area contributed by atoms with Crippen molar-refractivity contribution in [3.05, 3.63) is 22.3 Å². The van der Waals surface area contributed by atoms with Gasteiger partial charge in [-0.25, -0.2) is 23.7 Å². The van der Waals surface area contributed by atoms with Gasteiger partial charge in [-0.05, 0) is 25.7 Å². The SMILES string of the molecule is CC(=O)OCC1=C(C(=O)O)N2C(=O)[C@H](NC(=O)C(=NOP(=O)(N3CCCCC3)N3CCCCC3)c3csc(N)n3)[C@H]2SC1. The van der Waals surface area contributed by atoms with Crippen LogP contribution in [0.1, 0.15) is 51.1 Å². The van der Waals surface area contributed by atoms with Gasteiger partial charge < -0.3 is 25.5 Å². The summed E-state index contributed by atoms with van der Waals surface area (Å²) in [7, 11) is -3.62. The number of anilines is 1. The fourth-order valence-electron chi connectivity index (χ4n) is 5.43. The number of esters is 1. The van der Waals surface area contributed by atoms with Crippen molar-refractivity contribution in [3.8, 4) is 0 Å². The molecular formula is C25H34N7O8PS2. The Bertz CT molecular complexity index is 1370. The molecule has 1 aromatic heterocycles. The number of nitrogens with one attached hydrogen (secondary N) is 1. The number of carbonyl (C=O) groups is 4. The predicted molar refractivity (Wildman–Crippen MR) is 159 cm³/mol. The van der Waals surface area contributed by atoms with Crippen molar-refractivity contribution in [2.45, 2.75) is 56.9 Å². The van der Waals surface area contributed by atoms with E-state index in [1.165, 1.54) is 24.1 Å². The number of β-lactam (4-membered cyclic amide) rings is 1. The number of hydrogen-bond donors (Lipinski definition) is 3. The molecule has 0 unspecified atom stereocenters. The van der Waals surface area contributed by atoms with Crippen LogP contribution in [0.25, 0.3) is 0 Å². The molecule has 0 bridgehead atoms. The molecule has 4 N–H and O–H groups in total. The van der Waals surface area contributed by atoms with E-state index in [2.05, 4.69) is 15.5 Å². The number of fused-ring (bicyclic) bond motifs is 1. The van der Waals surface area contributed by atoms with Crippen molar-refractivity contribution >= 4 is 65.4 Å². The Morgan fingerprint density at radius 3 is 2.30 bits per heavy atom. The lowest BCUT2D eigenvalue weighted by molar-refractivity contribution is -0.150. The Hall–Kier alpha value is -2.98. The zero-order chi connectivity index (χ0) is 30.7. The smallest absolute Gasteiger partial charge is 0.416 e. The molecular weight excluding hydrogens is 621 g/mol. The van der Waals surface area contributed by atoms with Gasteiger partial charge in [0.15, 0.2) is 10.8 Å². The number of nitrogens with zero attached hydrogens (tertiary/aromatic N) is 5. The summed E-state index contributed by atoms with van der Waals surface area (Å²) in [5.41, 5.74) is 5.65. The standard InChI is InChI=1S/C25H34N7O8PS2/c1-15(33)39-12-16-13-42-23-19(22(35)32(23)20(16)24(36)37)28-21(34)18(17-14-43-25(26)27-17)29-40-41(38,30-8-4-2-5-9-30)31-10-6-3-7-11-31/h14,19,23H,2-13H2,1H3,(H2,26,27)(H,28,34)(H,36,37)/t19-,23+/m0/s1. The first-order valence-corrected chi connectivity index (χ1v) is 17.5. The van der Waals surface area contributed by atoms with Crippen LogP contribution in [0.2, 0.25) is 0 Å². The first-order valence-electron chi connectivity index (χ1n) is 14.0. The molecule has 2 atom stereocenters.